The molecule has 0 heterocycles. The molecule has 17 heavy (non-hydrogen) atoms. The highest BCUT2D eigenvalue weighted by atomic mass is 79.9. The first-order chi connectivity index (χ1) is 7.38. The van der Waals surface area contributed by atoms with Crippen LogP contribution in [0.3, 0.4) is 0 Å². The van der Waals surface area contributed by atoms with Crippen LogP contribution >= 0.6 is 15.9 Å². The maximum Gasteiger partial charge on any atom is 0.421 e. The summed E-state index contributed by atoms with van der Waals surface area (Å²) in [6.07, 6.45) is -11.3. The topological polar surface area (TPSA) is 29.1 Å². The highest BCUT2D eigenvalue weighted by Gasteiger charge is 2.74. The van der Waals surface area contributed by atoms with Gasteiger partial charge >= 0.3 is 12.4 Å². The van der Waals surface area contributed by atoms with Crippen LogP contribution in [0.25, 0.3) is 0 Å². The summed E-state index contributed by atoms with van der Waals surface area (Å²) in [4.78, 5) is 11.1. The molecule has 0 aromatic heterocycles. The second-order valence-corrected chi connectivity index (χ2v) is 4.63. The predicted octanol–water partition coefficient (Wildman–Crippen LogP) is 3.16. The second-order valence-electron chi connectivity index (χ2n) is 3.44. The minimum Gasteiger partial charge on any atom is -0.352 e. The van der Waals surface area contributed by atoms with Crippen molar-refractivity contribution in [2.75, 3.05) is 0 Å². The Morgan fingerprint density at radius 1 is 1.18 bits per heavy atom. The van der Waals surface area contributed by atoms with Gasteiger partial charge in [-0.1, -0.05) is 22.9 Å². The highest BCUT2D eigenvalue weighted by molar-refractivity contribution is 9.10. The van der Waals surface area contributed by atoms with E-state index in [1.165, 1.54) is 29.8 Å². The molecule has 0 unspecified atom stereocenters. The number of carbonyl (C=O) groups is 1. The average Bonchev–Trinajstić information content (AvgIpc) is 2.12. The van der Waals surface area contributed by atoms with Crippen LogP contribution in [-0.4, -0.2) is 28.6 Å². The monoisotopic (exact) mass is 329 g/mol. The van der Waals surface area contributed by atoms with Crippen molar-refractivity contribution >= 4 is 21.8 Å². The number of hydrogen-bond acceptors (Lipinski definition) is 1. The largest absolute Gasteiger partial charge is 0.421 e. The first kappa shape index (κ1) is 16.5. The van der Waals surface area contributed by atoms with Crippen LogP contribution in [0.2, 0.25) is 0 Å². The molecule has 1 atom stereocenters. The number of rotatable bonds is 3. The molecular weight excluding hydrogens is 320 g/mol. The fourth-order valence-electron chi connectivity index (χ4n) is 0.843. The van der Waals surface area contributed by atoms with Gasteiger partial charge < -0.3 is 5.32 Å². The molecular formula is C8H10BrF6NO. The zero-order valence-corrected chi connectivity index (χ0v) is 10.4. The quantitative estimate of drug-likeness (QED) is 0.625. The maximum absolute atomic E-state index is 12.4. The average molecular weight is 330 g/mol. The SMILES string of the molecule is CC[C@@H](C)NC(=O)C(Br)(C(F)(F)F)C(F)(F)F. The second kappa shape index (κ2) is 5.03. The van der Waals surface area contributed by atoms with E-state index in [0.29, 0.717) is 0 Å². The van der Waals surface area contributed by atoms with Crippen molar-refractivity contribution in [2.24, 2.45) is 0 Å². The lowest BCUT2D eigenvalue weighted by molar-refractivity contribution is -0.255. The van der Waals surface area contributed by atoms with Crippen LogP contribution < -0.4 is 5.32 Å². The van der Waals surface area contributed by atoms with E-state index in [0.717, 1.165) is 0 Å². The summed E-state index contributed by atoms with van der Waals surface area (Å²) in [5.41, 5.74) is 0. The normalized spacial score (nSPS) is 15.6. The van der Waals surface area contributed by atoms with Gasteiger partial charge in [-0.2, -0.15) is 26.3 Å². The molecule has 102 valence electrons. The van der Waals surface area contributed by atoms with Crippen molar-refractivity contribution in [3.63, 3.8) is 0 Å². The highest BCUT2D eigenvalue weighted by Crippen LogP contribution is 2.49. The fourth-order valence-corrected chi connectivity index (χ4v) is 0.958. The smallest absolute Gasteiger partial charge is 0.352 e. The predicted molar refractivity (Wildman–Crippen MR) is 51.7 cm³/mol. The first-order valence-corrected chi connectivity index (χ1v) is 5.30. The number of carbonyl (C=O) groups excluding carboxylic acids is 1. The van der Waals surface area contributed by atoms with E-state index in [1.807, 2.05) is 0 Å². The summed E-state index contributed by atoms with van der Waals surface area (Å²) >= 11 is 1.49. The van der Waals surface area contributed by atoms with Crippen LogP contribution in [0.1, 0.15) is 20.3 Å². The number of alkyl halides is 7. The Morgan fingerprint density at radius 3 is 1.76 bits per heavy atom. The third-order valence-electron chi connectivity index (χ3n) is 2.08. The fraction of sp³-hybridized carbons (Fsp3) is 0.875. The van der Waals surface area contributed by atoms with Crippen molar-refractivity contribution < 1.29 is 31.1 Å². The Hall–Kier alpha value is -0.470. The van der Waals surface area contributed by atoms with Gasteiger partial charge in [-0.05, 0) is 13.3 Å². The van der Waals surface area contributed by atoms with E-state index < -0.39 is 28.6 Å². The molecule has 9 heteroatoms. The molecule has 2 nitrogen and oxygen atoms in total. The van der Waals surface area contributed by atoms with Gasteiger partial charge in [0.2, 0.25) is 0 Å². The van der Waals surface area contributed by atoms with Gasteiger partial charge in [-0.25, -0.2) is 0 Å². The summed E-state index contributed by atoms with van der Waals surface area (Å²) in [5.74, 6) is -2.16. The number of nitrogens with one attached hydrogen (secondary N) is 1. The van der Waals surface area contributed by atoms with Crippen LogP contribution in [0, 0.1) is 0 Å². The summed E-state index contributed by atoms with van der Waals surface area (Å²) in [7, 11) is 0. The molecule has 0 rings (SSSR count). The Bertz CT molecular complexity index is 273. The molecule has 0 saturated heterocycles. The number of hydrogen-bond donors (Lipinski definition) is 1. The Balaban J connectivity index is 5.30. The molecule has 0 aliphatic carbocycles. The van der Waals surface area contributed by atoms with Gasteiger partial charge in [-0.15, -0.1) is 0 Å². The van der Waals surface area contributed by atoms with Gasteiger partial charge in [-0.3, -0.25) is 4.79 Å². The zero-order valence-electron chi connectivity index (χ0n) is 8.84. The Labute approximate surface area is 102 Å². The lowest BCUT2D eigenvalue weighted by Crippen LogP contribution is -2.62. The van der Waals surface area contributed by atoms with E-state index >= 15 is 0 Å². The third-order valence-corrected chi connectivity index (χ3v) is 3.34. The van der Waals surface area contributed by atoms with Gasteiger partial charge in [0.25, 0.3) is 10.2 Å². The molecule has 0 fully saturated rings. The molecule has 1 amide bonds. The van der Waals surface area contributed by atoms with Crippen LogP contribution in [0.15, 0.2) is 0 Å². The van der Waals surface area contributed by atoms with Crippen molar-refractivity contribution in [3.8, 4) is 0 Å². The van der Waals surface area contributed by atoms with Crippen LogP contribution in [0.4, 0.5) is 26.3 Å². The number of halogens is 7. The van der Waals surface area contributed by atoms with E-state index in [9.17, 15) is 31.1 Å². The lowest BCUT2D eigenvalue weighted by Gasteiger charge is -2.31. The van der Waals surface area contributed by atoms with Gasteiger partial charge in [0.15, 0.2) is 0 Å². The third kappa shape index (κ3) is 3.26. The minimum absolute atomic E-state index is 0.213. The Morgan fingerprint density at radius 2 is 1.53 bits per heavy atom. The van der Waals surface area contributed by atoms with E-state index in [4.69, 9.17) is 0 Å². The molecule has 1 N–H and O–H groups in total. The van der Waals surface area contributed by atoms with Crippen molar-refractivity contribution in [1.82, 2.24) is 5.32 Å². The van der Waals surface area contributed by atoms with E-state index in [1.54, 1.807) is 5.32 Å². The molecule has 0 spiro atoms. The van der Waals surface area contributed by atoms with Gasteiger partial charge in [0.1, 0.15) is 0 Å². The molecule has 0 bridgehead atoms. The van der Waals surface area contributed by atoms with Crippen LogP contribution in [-0.2, 0) is 4.79 Å². The number of amides is 1. The van der Waals surface area contributed by atoms with Crippen molar-refractivity contribution in [2.45, 2.75) is 43.0 Å². The molecule has 0 radical (unpaired) electrons. The first-order valence-electron chi connectivity index (χ1n) is 4.51. The molecule has 0 aromatic carbocycles. The molecule has 0 aliphatic heterocycles. The summed E-state index contributed by atoms with van der Waals surface area (Å²) in [6, 6.07) is -0.788. The minimum atomic E-state index is -5.78. The van der Waals surface area contributed by atoms with Crippen LogP contribution in [0.5, 0.6) is 0 Å². The summed E-state index contributed by atoms with van der Waals surface area (Å²) in [6.45, 7) is 2.82. The standard InChI is InChI=1S/C8H10BrF6NO/c1-3-4(2)16-5(17)6(9,7(10,11)12)8(13,14)15/h4H,3H2,1-2H3,(H,16,17)/t4-/m1/s1. The summed E-state index contributed by atoms with van der Waals surface area (Å²) < 4.78 is 69.7. The lowest BCUT2D eigenvalue weighted by atomic mass is 10.1. The molecule has 0 aromatic rings. The molecule has 0 aliphatic rings. The maximum atomic E-state index is 12.4. The molecule has 0 saturated carbocycles. The van der Waals surface area contributed by atoms with Gasteiger partial charge in [0, 0.05) is 6.04 Å². The van der Waals surface area contributed by atoms with E-state index in [2.05, 4.69) is 0 Å². The van der Waals surface area contributed by atoms with Crippen molar-refractivity contribution in [1.29, 1.82) is 0 Å². The van der Waals surface area contributed by atoms with E-state index in [-0.39, 0.29) is 6.42 Å². The Kier molecular flexibility index (Phi) is 4.89. The van der Waals surface area contributed by atoms with Crippen molar-refractivity contribution in [3.05, 3.63) is 0 Å². The summed E-state index contributed by atoms with van der Waals surface area (Å²) in [5, 5.41) is 1.66. The van der Waals surface area contributed by atoms with Gasteiger partial charge in [0.05, 0.1) is 0 Å². The zero-order chi connectivity index (χ0) is 14.1.